The number of hydrogen-bond acceptors (Lipinski definition) is 9. The van der Waals surface area contributed by atoms with Crippen LogP contribution in [0.2, 0.25) is 0 Å². The van der Waals surface area contributed by atoms with E-state index in [4.69, 9.17) is 20.2 Å². The number of pyridine rings is 3. The summed E-state index contributed by atoms with van der Waals surface area (Å²) < 4.78 is 11.7. The van der Waals surface area contributed by atoms with E-state index in [1.54, 1.807) is 43.5 Å². The molecule has 39 heavy (non-hydrogen) atoms. The Morgan fingerprint density at radius 1 is 1.21 bits per heavy atom. The van der Waals surface area contributed by atoms with Gasteiger partial charge in [0.2, 0.25) is 11.8 Å². The van der Waals surface area contributed by atoms with Gasteiger partial charge in [-0.15, -0.1) is 0 Å². The van der Waals surface area contributed by atoms with E-state index in [1.807, 2.05) is 40.7 Å². The van der Waals surface area contributed by atoms with Gasteiger partial charge in [0.1, 0.15) is 17.2 Å². The maximum Gasteiger partial charge on any atom is 0.340 e. The predicted octanol–water partition coefficient (Wildman–Crippen LogP) is 4.12. The van der Waals surface area contributed by atoms with Crippen molar-refractivity contribution < 1.29 is 19.1 Å². The van der Waals surface area contributed by atoms with E-state index in [1.165, 1.54) is 0 Å². The maximum atomic E-state index is 12.5. The number of cyclic esters (lactones) is 1. The molecule has 10 heteroatoms. The Kier molecular flexibility index (Phi) is 6.49. The molecule has 3 atom stereocenters. The van der Waals surface area contributed by atoms with Crippen molar-refractivity contribution >= 4 is 34.3 Å². The lowest BCUT2D eigenvalue weighted by Crippen LogP contribution is -2.39. The van der Waals surface area contributed by atoms with Crippen molar-refractivity contribution in [1.82, 2.24) is 19.9 Å². The summed E-state index contributed by atoms with van der Waals surface area (Å²) in [6.07, 6.45) is 4.27. The number of anilines is 2. The first kappa shape index (κ1) is 26.8. The molecular formula is C29H36N6O4. The number of carbonyl (C=O) groups is 2. The first-order valence-corrected chi connectivity index (χ1v) is 13.2. The number of fused-ring (bicyclic) bond motifs is 2. The van der Waals surface area contributed by atoms with Crippen LogP contribution in [0.15, 0.2) is 30.6 Å². The molecule has 3 aromatic heterocycles. The van der Waals surface area contributed by atoms with E-state index in [0.717, 1.165) is 22.8 Å². The number of carbonyl (C=O) groups excluding carboxylic acids is 2. The molecule has 0 saturated heterocycles. The molecule has 0 radical (unpaired) electrons. The summed E-state index contributed by atoms with van der Waals surface area (Å²) in [6, 6.07) is 5.38. The molecule has 1 aliphatic carbocycles. The Labute approximate surface area is 228 Å². The number of nitrogens with one attached hydrogen (secondary N) is 1. The van der Waals surface area contributed by atoms with Gasteiger partial charge in [-0.25, -0.2) is 19.7 Å². The number of rotatable bonds is 7. The Hall–Kier alpha value is -3.79. The van der Waals surface area contributed by atoms with Crippen LogP contribution in [0.4, 0.5) is 11.6 Å². The molecule has 1 amide bonds. The van der Waals surface area contributed by atoms with Crippen LogP contribution in [-0.4, -0.2) is 58.0 Å². The molecule has 0 bridgehead atoms. The Bertz CT molecular complexity index is 1460. The van der Waals surface area contributed by atoms with Crippen LogP contribution in [-0.2, 0) is 15.1 Å². The number of nitrogens with zero attached hydrogens (tertiary/aromatic N) is 4. The zero-order valence-electron chi connectivity index (χ0n) is 23.5. The molecule has 10 nitrogen and oxygen atoms in total. The zero-order valence-corrected chi connectivity index (χ0v) is 23.5. The summed E-state index contributed by atoms with van der Waals surface area (Å²) in [5, 5.41) is 4.88. The topological polar surface area (TPSA) is 133 Å². The molecule has 1 fully saturated rings. The van der Waals surface area contributed by atoms with Crippen LogP contribution < -0.4 is 15.8 Å². The average Bonchev–Trinajstić information content (AvgIpc) is 3.63. The molecule has 0 aromatic carbocycles. The molecule has 3 N–H and O–H groups in total. The van der Waals surface area contributed by atoms with Crippen molar-refractivity contribution in [1.29, 1.82) is 0 Å². The van der Waals surface area contributed by atoms with Gasteiger partial charge in [-0.2, -0.15) is 0 Å². The molecule has 5 rings (SSSR count). The molecule has 0 spiro atoms. The van der Waals surface area contributed by atoms with Gasteiger partial charge < -0.3 is 25.4 Å². The number of aromatic nitrogens is 3. The second-order valence-electron chi connectivity index (χ2n) is 11.9. The fraction of sp³-hybridized carbons (Fsp3) is 0.483. The Morgan fingerprint density at radius 2 is 1.95 bits per heavy atom. The lowest BCUT2D eigenvalue weighted by molar-refractivity contribution is -0.130. The highest BCUT2D eigenvalue weighted by Crippen LogP contribution is 2.41. The van der Waals surface area contributed by atoms with Crippen LogP contribution in [0.5, 0.6) is 5.88 Å². The van der Waals surface area contributed by atoms with Crippen molar-refractivity contribution in [3.63, 3.8) is 0 Å². The van der Waals surface area contributed by atoms with Crippen molar-refractivity contribution in [2.75, 3.05) is 26.0 Å². The maximum absolute atomic E-state index is 12.5. The van der Waals surface area contributed by atoms with E-state index < -0.39 is 11.1 Å². The lowest BCUT2D eigenvalue weighted by Gasteiger charge is -2.36. The quantitative estimate of drug-likeness (QED) is 0.431. The Balaban J connectivity index is 1.43. The third-order valence-electron chi connectivity index (χ3n) is 7.75. The first-order chi connectivity index (χ1) is 18.3. The number of ether oxygens (including phenoxy) is 2. The first-order valence-electron chi connectivity index (χ1n) is 13.2. The van der Waals surface area contributed by atoms with Gasteiger partial charge in [0.05, 0.1) is 23.3 Å². The molecular weight excluding hydrogens is 496 g/mol. The minimum Gasteiger partial charge on any atom is -0.477 e. The van der Waals surface area contributed by atoms with Crippen molar-refractivity contribution in [3.8, 4) is 5.88 Å². The number of hydrogen-bond donors (Lipinski definition) is 2. The minimum atomic E-state index is -0.659. The molecule has 2 aliphatic rings. The second kappa shape index (κ2) is 9.44. The van der Waals surface area contributed by atoms with Crippen LogP contribution in [0.1, 0.15) is 68.6 Å². The highest BCUT2D eigenvalue weighted by Gasteiger charge is 2.44. The van der Waals surface area contributed by atoms with Gasteiger partial charge in [-0.3, -0.25) is 4.79 Å². The third-order valence-corrected chi connectivity index (χ3v) is 7.75. The van der Waals surface area contributed by atoms with Crippen LogP contribution >= 0.6 is 0 Å². The molecule has 4 heterocycles. The number of nitrogens with two attached hydrogens (primary N) is 1. The van der Waals surface area contributed by atoms with Crippen LogP contribution in [0, 0.1) is 11.8 Å². The largest absolute Gasteiger partial charge is 0.477 e. The SMILES string of the molecule is C[C@@H]1c2nc(Nc3cc4c(C(C)(C)N)cnc(OC[C@H]5C[C@@H]5C(=O)N(C)C)c4cn3)ccc2C(=O)OC1(C)C. The molecule has 1 aliphatic heterocycles. The predicted molar refractivity (Wildman–Crippen MR) is 148 cm³/mol. The fourth-order valence-electron chi connectivity index (χ4n) is 4.95. The fourth-order valence-corrected chi connectivity index (χ4v) is 4.95. The highest BCUT2D eigenvalue weighted by molar-refractivity contribution is 5.93. The molecule has 3 aromatic rings. The van der Waals surface area contributed by atoms with E-state index in [-0.39, 0.29) is 29.6 Å². The summed E-state index contributed by atoms with van der Waals surface area (Å²) in [4.78, 5) is 40.2. The normalized spacial score (nSPS) is 21.6. The number of esters is 1. The van der Waals surface area contributed by atoms with E-state index >= 15 is 0 Å². The van der Waals surface area contributed by atoms with E-state index in [9.17, 15) is 9.59 Å². The van der Waals surface area contributed by atoms with E-state index in [0.29, 0.717) is 35.4 Å². The average molecular weight is 533 g/mol. The molecule has 206 valence electrons. The second-order valence-corrected chi connectivity index (χ2v) is 11.9. The summed E-state index contributed by atoms with van der Waals surface area (Å²) >= 11 is 0. The summed E-state index contributed by atoms with van der Waals surface area (Å²) in [6.45, 7) is 10.0. The zero-order chi connectivity index (χ0) is 28.3. The van der Waals surface area contributed by atoms with Crippen molar-refractivity contribution in [2.45, 2.75) is 58.1 Å². The summed E-state index contributed by atoms with van der Waals surface area (Å²) in [7, 11) is 3.54. The molecule has 0 unspecified atom stereocenters. The van der Waals surface area contributed by atoms with Crippen LogP contribution in [0.3, 0.4) is 0 Å². The summed E-state index contributed by atoms with van der Waals surface area (Å²) in [5.74, 6) is 1.47. The smallest absolute Gasteiger partial charge is 0.340 e. The van der Waals surface area contributed by atoms with Gasteiger partial charge in [0, 0.05) is 49.8 Å². The lowest BCUT2D eigenvalue weighted by atomic mass is 9.84. The summed E-state index contributed by atoms with van der Waals surface area (Å²) in [5.41, 5.74) is 7.20. The van der Waals surface area contributed by atoms with Crippen molar-refractivity contribution in [3.05, 3.63) is 47.4 Å². The highest BCUT2D eigenvalue weighted by atomic mass is 16.6. The minimum absolute atomic E-state index is 0.00158. The van der Waals surface area contributed by atoms with Gasteiger partial charge in [0.15, 0.2) is 0 Å². The van der Waals surface area contributed by atoms with Gasteiger partial charge in [0.25, 0.3) is 0 Å². The Morgan fingerprint density at radius 3 is 2.64 bits per heavy atom. The number of amides is 1. The van der Waals surface area contributed by atoms with Gasteiger partial charge in [-0.05, 0) is 63.3 Å². The standard InChI is InChI=1S/C29H36N6O4/c1-15-24-17(27(37)39-29(15,4)5)8-9-22(34-24)33-23-11-19-20(12-31-23)25(32-13-21(19)28(2,3)30)38-14-16-10-18(16)26(36)35(6)7/h8-9,11-13,15-16,18H,10,14,30H2,1-7H3,(H,31,33,34)/t15-,16-,18+/m1/s1. The van der Waals surface area contributed by atoms with Crippen molar-refractivity contribution in [2.24, 2.45) is 17.6 Å². The molecule has 1 saturated carbocycles. The van der Waals surface area contributed by atoms with Gasteiger partial charge in [-0.1, -0.05) is 6.92 Å². The van der Waals surface area contributed by atoms with Crippen LogP contribution in [0.25, 0.3) is 10.8 Å². The van der Waals surface area contributed by atoms with E-state index in [2.05, 4.69) is 15.3 Å². The third kappa shape index (κ3) is 5.13. The monoisotopic (exact) mass is 532 g/mol. The van der Waals surface area contributed by atoms with Gasteiger partial charge >= 0.3 is 5.97 Å².